The van der Waals surface area contributed by atoms with Crippen LogP contribution in [0.15, 0.2) is 47.4 Å². The summed E-state index contributed by atoms with van der Waals surface area (Å²) in [4.78, 5) is -0.552. The van der Waals surface area contributed by atoms with E-state index < -0.39 is 31.7 Å². The Hall–Kier alpha value is -1.44. The summed E-state index contributed by atoms with van der Waals surface area (Å²) in [5, 5.41) is -0.290. The summed E-state index contributed by atoms with van der Waals surface area (Å²) in [6, 6.07) is 8.15. The Balaban J connectivity index is 2.42. The Morgan fingerprint density at radius 2 is 1.68 bits per heavy atom. The van der Waals surface area contributed by atoms with Gasteiger partial charge < -0.3 is 0 Å². The van der Waals surface area contributed by atoms with Gasteiger partial charge in [-0.2, -0.15) is 13.2 Å². The number of anilines is 1. The van der Waals surface area contributed by atoms with Gasteiger partial charge in [-0.1, -0.05) is 29.3 Å². The highest BCUT2D eigenvalue weighted by Gasteiger charge is 2.34. The van der Waals surface area contributed by atoms with E-state index >= 15 is 0 Å². The van der Waals surface area contributed by atoms with Crippen LogP contribution < -0.4 is 4.72 Å². The van der Waals surface area contributed by atoms with E-state index in [0.717, 1.165) is 12.1 Å². The minimum atomic E-state index is -4.75. The minimum absolute atomic E-state index is 0.135. The van der Waals surface area contributed by atoms with Crippen LogP contribution in [0.2, 0.25) is 10.0 Å². The number of rotatable bonds is 3. The zero-order valence-electron chi connectivity index (χ0n) is 10.7. The molecule has 1 N–H and O–H groups in total. The molecule has 0 aliphatic carbocycles. The minimum Gasteiger partial charge on any atom is -0.280 e. The monoisotopic (exact) mass is 369 g/mol. The van der Waals surface area contributed by atoms with Gasteiger partial charge in [-0.15, -0.1) is 0 Å². The molecule has 22 heavy (non-hydrogen) atoms. The Kier molecular flexibility index (Phi) is 4.60. The second-order valence-corrected chi connectivity index (χ2v) is 6.78. The Bertz CT molecular complexity index is 807. The van der Waals surface area contributed by atoms with Crippen molar-refractivity contribution in [3.05, 3.63) is 58.1 Å². The van der Waals surface area contributed by atoms with Crippen LogP contribution in [-0.2, 0) is 16.2 Å². The van der Waals surface area contributed by atoms with Crippen LogP contribution in [0.3, 0.4) is 0 Å². The van der Waals surface area contributed by atoms with E-state index in [4.69, 9.17) is 23.2 Å². The van der Waals surface area contributed by atoms with Gasteiger partial charge in [0.25, 0.3) is 10.0 Å². The molecule has 0 heterocycles. The zero-order chi connectivity index (χ0) is 16.5. The van der Waals surface area contributed by atoms with Gasteiger partial charge >= 0.3 is 6.18 Å². The van der Waals surface area contributed by atoms with Crippen molar-refractivity contribution in [2.75, 3.05) is 4.72 Å². The van der Waals surface area contributed by atoms with Crippen LogP contribution in [0.25, 0.3) is 0 Å². The third kappa shape index (κ3) is 3.85. The first kappa shape index (κ1) is 16.9. The van der Waals surface area contributed by atoms with Gasteiger partial charge in [-0.05, 0) is 36.4 Å². The smallest absolute Gasteiger partial charge is 0.280 e. The zero-order valence-corrected chi connectivity index (χ0v) is 13.0. The topological polar surface area (TPSA) is 46.2 Å². The molecule has 0 aromatic heterocycles. The third-order valence-electron chi connectivity index (χ3n) is 2.63. The fourth-order valence-corrected chi connectivity index (χ4v) is 3.15. The van der Waals surface area contributed by atoms with Crippen molar-refractivity contribution in [2.45, 2.75) is 11.1 Å². The van der Waals surface area contributed by atoms with Crippen LogP contribution in [0.5, 0.6) is 0 Å². The second-order valence-electron chi connectivity index (χ2n) is 4.26. The van der Waals surface area contributed by atoms with Crippen LogP contribution in [0, 0.1) is 0 Å². The normalized spacial score (nSPS) is 12.2. The Morgan fingerprint density at radius 1 is 1.00 bits per heavy atom. The highest BCUT2D eigenvalue weighted by molar-refractivity contribution is 7.92. The predicted octanol–water partition coefficient (Wildman–Crippen LogP) is 4.81. The highest BCUT2D eigenvalue weighted by Crippen LogP contribution is 2.36. The first-order chi connectivity index (χ1) is 10.1. The predicted molar refractivity (Wildman–Crippen MR) is 78.7 cm³/mol. The van der Waals surface area contributed by atoms with Gasteiger partial charge in [-0.3, -0.25) is 4.72 Å². The lowest BCUT2D eigenvalue weighted by Gasteiger charge is -2.12. The quantitative estimate of drug-likeness (QED) is 0.843. The van der Waals surface area contributed by atoms with E-state index in [0.29, 0.717) is 6.07 Å². The summed E-state index contributed by atoms with van der Waals surface area (Å²) in [6.07, 6.45) is -4.75. The Labute approximate surface area is 134 Å². The summed E-state index contributed by atoms with van der Waals surface area (Å²) >= 11 is 11.2. The second kappa shape index (κ2) is 5.98. The molecule has 3 nitrogen and oxygen atoms in total. The molecule has 0 atom stereocenters. The Morgan fingerprint density at radius 3 is 2.27 bits per heavy atom. The number of sulfonamides is 1. The van der Waals surface area contributed by atoms with E-state index in [-0.39, 0.29) is 10.7 Å². The van der Waals surface area contributed by atoms with Crippen molar-refractivity contribution in [1.82, 2.24) is 0 Å². The van der Waals surface area contributed by atoms with E-state index in [2.05, 4.69) is 4.72 Å². The number of benzene rings is 2. The van der Waals surface area contributed by atoms with Crippen LogP contribution >= 0.6 is 23.2 Å². The molecule has 0 radical (unpaired) electrons. The number of nitrogens with one attached hydrogen (secondary N) is 1. The van der Waals surface area contributed by atoms with Crippen molar-refractivity contribution in [3.63, 3.8) is 0 Å². The maximum atomic E-state index is 12.8. The van der Waals surface area contributed by atoms with Crippen LogP contribution in [0.1, 0.15) is 5.56 Å². The molecule has 0 unspecified atom stereocenters. The maximum absolute atomic E-state index is 12.8. The van der Waals surface area contributed by atoms with Crippen LogP contribution in [0.4, 0.5) is 18.9 Å². The van der Waals surface area contributed by atoms with Gasteiger partial charge in [0.15, 0.2) is 0 Å². The summed E-state index contributed by atoms with van der Waals surface area (Å²) in [6.45, 7) is 0. The first-order valence-corrected chi connectivity index (χ1v) is 7.98. The molecule has 0 spiro atoms. The van der Waals surface area contributed by atoms with Crippen molar-refractivity contribution >= 4 is 38.9 Å². The maximum Gasteiger partial charge on any atom is 0.417 e. The van der Waals surface area contributed by atoms with Crippen molar-refractivity contribution in [2.24, 2.45) is 0 Å². The molecular weight excluding hydrogens is 362 g/mol. The van der Waals surface area contributed by atoms with Gasteiger partial charge in [0.1, 0.15) is 0 Å². The summed E-state index contributed by atoms with van der Waals surface area (Å²) in [7, 11) is -4.20. The number of hydrogen-bond donors (Lipinski definition) is 1. The molecule has 0 amide bonds. The van der Waals surface area contributed by atoms with Gasteiger partial charge in [-0.25, -0.2) is 8.42 Å². The lowest BCUT2D eigenvalue weighted by molar-refractivity contribution is -0.137. The summed E-state index contributed by atoms with van der Waals surface area (Å²) in [5.41, 5.74) is -1.08. The molecule has 118 valence electrons. The number of hydrogen-bond acceptors (Lipinski definition) is 2. The van der Waals surface area contributed by atoms with Gasteiger partial charge in [0, 0.05) is 5.02 Å². The molecule has 2 rings (SSSR count). The van der Waals surface area contributed by atoms with Gasteiger partial charge in [0.2, 0.25) is 0 Å². The summed E-state index contributed by atoms with van der Waals surface area (Å²) in [5.74, 6) is 0. The molecule has 0 saturated heterocycles. The fourth-order valence-electron chi connectivity index (χ4n) is 1.65. The van der Waals surface area contributed by atoms with Crippen molar-refractivity contribution in [3.8, 4) is 0 Å². The standard InChI is InChI=1S/C13H8Cl2F3NO2S/c14-8-2-1-3-9(6-8)19-22(20,21)10-4-5-12(15)11(7-10)13(16,17)18/h1-7,19H. The molecule has 9 heteroatoms. The largest absolute Gasteiger partial charge is 0.417 e. The number of halogens is 5. The third-order valence-corrected chi connectivity index (χ3v) is 4.57. The van der Waals surface area contributed by atoms with Crippen molar-refractivity contribution < 1.29 is 21.6 Å². The number of alkyl halides is 3. The van der Waals surface area contributed by atoms with E-state index in [1.54, 1.807) is 0 Å². The molecule has 0 saturated carbocycles. The highest BCUT2D eigenvalue weighted by atomic mass is 35.5. The SMILES string of the molecule is O=S(=O)(Nc1cccc(Cl)c1)c1ccc(Cl)c(C(F)(F)F)c1. The fraction of sp³-hybridized carbons (Fsp3) is 0.0769. The molecule has 0 aliphatic heterocycles. The molecular formula is C13H8Cl2F3NO2S. The lowest BCUT2D eigenvalue weighted by Crippen LogP contribution is -2.15. The molecule has 0 aliphatic rings. The van der Waals surface area contributed by atoms with Gasteiger partial charge in [0.05, 0.1) is 21.2 Å². The van der Waals surface area contributed by atoms with Crippen molar-refractivity contribution in [1.29, 1.82) is 0 Å². The average Bonchev–Trinajstić information content (AvgIpc) is 2.36. The first-order valence-electron chi connectivity index (χ1n) is 5.75. The van der Waals surface area contributed by atoms with E-state index in [1.165, 1.54) is 24.3 Å². The molecule has 2 aromatic carbocycles. The summed E-state index contributed by atoms with van der Waals surface area (Å²) < 4.78 is 64.8. The lowest BCUT2D eigenvalue weighted by atomic mass is 10.2. The van der Waals surface area contributed by atoms with E-state index in [1.807, 2.05) is 0 Å². The average molecular weight is 370 g/mol. The van der Waals surface area contributed by atoms with Crippen LogP contribution in [-0.4, -0.2) is 8.42 Å². The molecule has 0 bridgehead atoms. The molecule has 2 aromatic rings. The van der Waals surface area contributed by atoms with E-state index in [9.17, 15) is 21.6 Å². The molecule has 0 fully saturated rings.